The Kier molecular flexibility index (Phi) is 6.14. The average Bonchev–Trinajstić information content (AvgIpc) is 2.60. The van der Waals surface area contributed by atoms with Gasteiger partial charge in [-0.1, -0.05) is 23.7 Å². The number of nitriles is 1. The quantitative estimate of drug-likeness (QED) is 0.496. The predicted molar refractivity (Wildman–Crippen MR) is 96.2 cm³/mol. The van der Waals surface area contributed by atoms with Crippen molar-refractivity contribution in [1.82, 2.24) is 0 Å². The fraction of sp³-hybridized carbons (Fsp3) is 0.158. The first kappa shape index (κ1) is 17.7. The van der Waals surface area contributed by atoms with E-state index in [0.717, 1.165) is 11.3 Å². The number of rotatable bonds is 6. The van der Waals surface area contributed by atoms with Crippen LogP contribution < -0.4 is 4.90 Å². The number of likely N-dealkylation sites (N-methyl/N-ethyl adjacent to an activating group) is 1. The van der Waals surface area contributed by atoms with Crippen LogP contribution >= 0.6 is 11.6 Å². The molecule has 1 N–H and O–H groups in total. The Hall–Kier alpha value is -2.61. The Morgan fingerprint density at radius 1 is 1.21 bits per heavy atom. The third-order valence-corrected chi connectivity index (χ3v) is 3.80. The number of carbonyl (C=O) groups is 1. The van der Waals surface area contributed by atoms with Gasteiger partial charge in [0.05, 0.1) is 6.61 Å². The summed E-state index contributed by atoms with van der Waals surface area (Å²) in [6.45, 7) is 0.611. The van der Waals surface area contributed by atoms with Crippen molar-refractivity contribution >= 4 is 29.1 Å². The lowest BCUT2D eigenvalue weighted by Gasteiger charge is -2.17. The van der Waals surface area contributed by atoms with Crippen LogP contribution in [-0.4, -0.2) is 31.1 Å². The van der Waals surface area contributed by atoms with E-state index in [1.54, 1.807) is 30.3 Å². The first-order valence-electron chi connectivity index (χ1n) is 7.39. The fourth-order valence-electron chi connectivity index (χ4n) is 2.18. The Labute approximate surface area is 146 Å². The summed E-state index contributed by atoms with van der Waals surface area (Å²) in [4.78, 5) is 14.3. The lowest BCUT2D eigenvalue weighted by molar-refractivity contribution is 0.104. The van der Waals surface area contributed by atoms with Crippen LogP contribution in [0.15, 0.2) is 54.1 Å². The standard InChI is InChI=1S/C19H17ClN2O2/c1-22(10-11-23)18-8-2-14(3-9-18)12-16(13-21)19(24)15-4-6-17(20)7-5-15/h2-9,12,23H,10-11H2,1H3/b16-12+. The zero-order valence-electron chi connectivity index (χ0n) is 13.2. The zero-order chi connectivity index (χ0) is 17.5. The number of hydrogen-bond donors (Lipinski definition) is 1. The highest BCUT2D eigenvalue weighted by atomic mass is 35.5. The Morgan fingerprint density at radius 2 is 1.83 bits per heavy atom. The monoisotopic (exact) mass is 340 g/mol. The Balaban J connectivity index is 2.22. The molecule has 0 saturated carbocycles. The van der Waals surface area contributed by atoms with E-state index in [4.69, 9.17) is 16.7 Å². The number of aliphatic hydroxyl groups is 1. The van der Waals surface area contributed by atoms with E-state index in [1.165, 1.54) is 0 Å². The van der Waals surface area contributed by atoms with Crippen molar-refractivity contribution in [2.45, 2.75) is 0 Å². The number of carbonyl (C=O) groups excluding carboxylic acids is 1. The number of anilines is 1. The maximum absolute atomic E-state index is 12.4. The Morgan fingerprint density at radius 3 is 2.38 bits per heavy atom. The number of Topliss-reactive ketones (excluding diaryl/α,β-unsaturated/α-hetero) is 1. The molecule has 24 heavy (non-hydrogen) atoms. The molecule has 0 aromatic heterocycles. The molecule has 0 radical (unpaired) electrons. The normalized spacial score (nSPS) is 11.0. The van der Waals surface area contributed by atoms with Crippen LogP contribution in [0, 0.1) is 11.3 Å². The molecule has 2 aromatic carbocycles. The molecular formula is C19H17ClN2O2. The lowest BCUT2D eigenvalue weighted by Crippen LogP contribution is -2.20. The van der Waals surface area contributed by atoms with Crippen molar-refractivity contribution < 1.29 is 9.90 Å². The van der Waals surface area contributed by atoms with Crippen LogP contribution in [0.3, 0.4) is 0 Å². The molecule has 2 rings (SSSR count). The van der Waals surface area contributed by atoms with E-state index in [2.05, 4.69) is 0 Å². The number of nitrogens with zero attached hydrogens (tertiary/aromatic N) is 2. The minimum absolute atomic E-state index is 0.0637. The van der Waals surface area contributed by atoms with Crippen molar-refractivity contribution in [3.63, 3.8) is 0 Å². The second-order valence-electron chi connectivity index (χ2n) is 5.24. The lowest BCUT2D eigenvalue weighted by atomic mass is 10.0. The highest BCUT2D eigenvalue weighted by molar-refractivity contribution is 6.30. The van der Waals surface area contributed by atoms with Gasteiger partial charge in [0.1, 0.15) is 11.6 Å². The summed E-state index contributed by atoms with van der Waals surface area (Å²) >= 11 is 5.81. The fourth-order valence-corrected chi connectivity index (χ4v) is 2.30. The molecule has 0 aliphatic heterocycles. The highest BCUT2D eigenvalue weighted by Gasteiger charge is 2.12. The molecule has 0 saturated heterocycles. The maximum Gasteiger partial charge on any atom is 0.203 e. The van der Waals surface area contributed by atoms with Crippen LogP contribution in [0.5, 0.6) is 0 Å². The topological polar surface area (TPSA) is 64.3 Å². The molecule has 0 fully saturated rings. The van der Waals surface area contributed by atoms with Crippen molar-refractivity contribution in [2.24, 2.45) is 0 Å². The van der Waals surface area contributed by atoms with E-state index in [-0.39, 0.29) is 18.0 Å². The smallest absolute Gasteiger partial charge is 0.203 e. The van der Waals surface area contributed by atoms with Gasteiger partial charge in [-0.05, 0) is 48.0 Å². The van der Waals surface area contributed by atoms with Gasteiger partial charge in [-0.15, -0.1) is 0 Å². The molecule has 2 aromatic rings. The number of ketones is 1. The zero-order valence-corrected chi connectivity index (χ0v) is 14.0. The largest absolute Gasteiger partial charge is 0.395 e. The number of hydrogen-bond acceptors (Lipinski definition) is 4. The van der Waals surface area contributed by atoms with E-state index in [9.17, 15) is 10.1 Å². The van der Waals surface area contributed by atoms with Gasteiger partial charge >= 0.3 is 0 Å². The first-order valence-corrected chi connectivity index (χ1v) is 7.77. The minimum Gasteiger partial charge on any atom is -0.395 e. The summed E-state index contributed by atoms with van der Waals surface area (Å²) in [7, 11) is 1.88. The van der Waals surface area contributed by atoms with E-state index in [0.29, 0.717) is 17.1 Å². The van der Waals surface area contributed by atoms with Crippen molar-refractivity contribution in [1.29, 1.82) is 5.26 Å². The third kappa shape index (κ3) is 4.45. The molecule has 5 heteroatoms. The number of aliphatic hydroxyl groups excluding tert-OH is 1. The Bertz CT molecular complexity index is 775. The van der Waals surface area contributed by atoms with Gasteiger partial charge < -0.3 is 10.0 Å². The van der Waals surface area contributed by atoms with Crippen LogP contribution in [0.2, 0.25) is 5.02 Å². The predicted octanol–water partition coefficient (Wildman–Crippen LogP) is 3.56. The maximum atomic E-state index is 12.4. The highest BCUT2D eigenvalue weighted by Crippen LogP contribution is 2.18. The van der Waals surface area contributed by atoms with Gasteiger partial charge in [0.25, 0.3) is 0 Å². The summed E-state index contributed by atoms with van der Waals surface area (Å²) in [5.41, 5.74) is 2.19. The van der Waals surface area contributed by atoms with Crippen molar-refractivity contribution in [3.8, 4) is 6.07 Å². The van der Waals surface area contributed by atoms with Crippen molar-refractivity contribution in [2.75, 3.05) is 25.1 Å². The number of halogens is 1. The summed E-state index contributed by atoms with van der Waals surface area (Å²) in [6, 6.07) is 15.8. The molecular weight excluding hydrogens is 324 g/mol. The van der Waals surface area contributed by atoms with Gasteiger partial charge in [0.2, 0.25) is 5.78 Å². The minimum atomic E-state index is -0.337. The molecule has 0 bridgehead atoms. The molecule has 122 valence electrons. The summed E-state index contributed by atoms with van der Waals surface area (Å²) < 4.78 is 0. The summed E-state index contributed by atoms with van der Waals surface area (Å²) in [6.07, 6.45) is 1.56. The molecule has 0 unspecified atom stereocenters. The second-order valence-corrected chi connectivity index (χ2v) is 5.68. The molecule has 4 nitrogen and oxygen atoms in total. The SMILES string of the molecule is CN(CCO)c1ccc(/C=C(\C#N)C(=O)c2ccc(Cl)cc2)cc1. The summed E-state index contributed by atoms with van der Waals surface area (Å²) in [5.74, 6) is -0.337. The number of allylic oxidation sites excluding steroid dienone is 1. The molecule has 0 amide bonds. The molecule has 0 atom stereocenters. The van der Waals surface area contributed by atoms with Crippen LogP contribution in [-0.2, 0) is 0 Å². The second kappa shape index (κ2) is 8.30. The van der Waals surface area contributed by atoms with E-state index < -0.39 is 0 Å². The van der Waals surface area contributed by atoms with Crippen molar-refractivity contribution in [3.05, 3.63) is 70.3 Å². The first-order chi connectivity index (χ1) is 11.5. The average molecular weight is 341 g/mol. The molecule has 0 spiro atoms. The third-order valence-electron chi connectivity index (χ3n) is 3.55. The van der Waals surface area contributed by atoms with Gasteiger partial charge in [-0.3, -0.25) is 4.79 Å². The molecule has 0 aliphatic rings. The molecule has 0 heterocycles. The van der Waals surface area contributed by atoms with Crippen LogP contribution in [0.4, 0.5) is 5.69 Å². The van der Waals surface area contributed by atoms with E-state index >= 15 is 0 Å². The summed E-state index contributed by atoms with van der Waals surface area (Å²) in [5, 5.41) is 18.8. The van der Waals surface area contributed by atoms with Gasteiger partial charge in [0, 0.05) is 29.9 Å². The van der Waals surface area contributed by atoms with Crippen LogP contribution in [0.25, 0.3) is 6.08 Å². The van der Waals surface area contributed by atoms with Gasteiger partial charge in [0.15, 0.2) is 0 Å². The van der Waals surface area contributed by atoms with E-state index in [1.807, 2.05) is 42.3 Å². The van der Waals surface area contributed by atoms with Gasteiger partial charge in [-0.25, -0.2) is 0 Å². The number of benzene rings is 2. The van der Waals surface area contributed by atoms with Gasteiger partial charge in [-0.2, -0.15) is 5.26 Å². The molecule has 0 aliphatic carbocycles. The van der Waals surface area contributed by atoms with Crippen LogP contribution in [0.1, 0.15) is 15.9 Å².